The molecule has 1 rings (SSSR count). The predicted octanol–water partition coefficient (Wildman–Crippen LogP) is 2.14. The number of nitrogens with zero attached hydrogens (tertiary/aromatic N) is 2. The summed E-state index contributed by atoms with van der Waals surface area (Å²) in [6.07, 6.45) is 1.70. The fraction of sp³-hybridized carbons (Fsp3) is 0.500. The second-order valence-corrected chi connectivity index (χ2v) is 4.93. The zero-order chi connectivity index (χ0) is 17.6. The van der Waals surface area contributed by atoms with E-state index in [1.807, 2.05) is 6.92 Å². The molecule has 9 nitrogen and oxygen atoms in total. The SMILES string of the molecule is CCCCC(Nc1nc(C)cc(C(=O)OC)c1[N+](=O)[O-])C(=O)O. The van der Waals surface area contributed by atoms with E-state index >= 15 is 0 Å². The van der Waals surface area contributed by atoms with E-state index in [2.05, 4.69) is 15.0 Å². The molecule has 0 aliphatic rings. The number of anilines is 1. The van der Waals surface area contributed by atoms with Crippen LogP contribution >= 0.6 is 0 Å². The van der Waals surface area contributed by atoms with Crippen molar-refractivity contribution in [2.45, 2.75) is 39.2 Å². The number of hydrogen-bond donors (Lipinski definition) is 2. The number of methoxy groups -OCH3 is 1. The molecular weight excluding hydrogens is 306 g/mol. The number of unbranched alkanes of at least 4 members (excludes halogenated alkanes) is 1. The van der Waals surface area contributed by atoms with Crippen LogP contribution in [0.5, 0.6) is 0 Å². The summed E-state index contributed by atoms with van der Waals surface area (Å²) in [7, 11) is 1.11. The highest BCUT2D eigenvalue weighted by atomic mass is 16.6. The number of carbonyl (C=O) groups excluding carboxylic acids is 1. The van der Waals surface area contributed by atoms with Crippen molar-refractivity contribution in [2.24, 2.45) is 0 Å². The Morgan fingerprint density at radius 1 is 1.52 bits per heavy atom. The molecule has 0 radical (unpaired) electrons. The van der Waals surface area contributed by atoms with Crippen LogP contribution in [0.2, 0.25) is 0 Å². The lowest BCUT2D eigenvalue weighted by Gasteiger charge is -2.16. The zero-order valence-electron chi connectivity index (χ0n) is 13.2. The van der Waals surface area contributed by atoms with E-state index in [0.717, 1.165) is 13.5 Å². The molecule has 2 N–H and O–H groups in total. The molecule has 126 valence electrons. The molecule has 1 aromatic heterocycles. The van der Waals surface area contributed by atoms with Crippen LogP contribution in [-0.4, -0.2) is 40.1 Å². The van der Waals surface area contributed by atoms with Gasteiger partial charge in [0.25, 0.3) is 0 Å². The molecule has 0 spiro atoms. The molecule has 0 aliphatic carbocycles. The van der Waals surface area contributed by atoms with Crippen molar-refractivity contribution in [3.05, 3.63) is 27.4 Å². The molecule has 0 aliphatic heterocycles. The van der Waals surface area contributed by atoms with Crippen molar-refractivity contribution in [3.8, 4) is 0 Å². The smallest absolute Gasteiger partial charge is 0.345 e. The molecule has 1 atom stereocenters. The van der Waals surface area contributed by atoms with Gasteiger partial charge in [-0.05, 0) is 19.4 Å². The molecule has 0 fully saturated rings. The largest absolute Gasteiger partial charge is 0.480 e. The Bertz CT molecular complexity index is 617. The number of nitrogens with one attached hydrogen (secondary N) is 1. The first-order chi connectivity index (χ1) is 10.8. The molecule has 0 bridgehead atoms. The number of aryl methyl sites for hydroxylation is 1. The van der Waals surface area contributed by atoms with E-state index in [0.29, 0.717) is 12.1 Å². The summed E-state index contributed by atoms with van der Waals surface area (Å²) in [5.41, 5.74) is -0.532. The number of esters is 1. The van der Waals surface area contributed by atoms with Crippen LogP contribution < -0.4 is 5.32 Å². The molecule has 0 saturated heterocycles. The standard InChI is InChI=1S/C14H19N3O6/c1-4-5-6-10(13(18)19)16-12-11(17(21)22)9(14(20)23-3)7-8(2)15-12/h7,10H,4-6H2,1-3H3,(H,15,16)(H,18,19). The van der Waals surface area contributed by atoms with Crippen LogP contribution in [0, 0.1) is 17.0 Å². The summed E-state index contributed by atoms with van der Waals surface area (Å²) in [5.74, 6) is -2.28. The molecule has 1 heterocycles. The van der Waals surface area contributed by atoms with E-state index < -0.39 is 28.6 Å². The number of rotatable bonds is 8. The van der Waals surface area contributed by atoms with E-state index in [9.17, 15) is 24.8 Å². The number of carboxylic acids is 1. The summed E-state index contributed by atoms with van der Waals surface area (Å²) in [6, 6.07) is 0.199. The van der Waals surface area contributed by atoms with Gasteiger partial charge in [0.15, 0.2) is 0 Å². The van der Waals surface area contributed by atoms with Gasteiger partial charge in [0.1, 0.15) is 11.6 Å². The fourth-order valence-electron chi connectivity index (χ4n) is 2.05. The lowest BCUT2D eigenvalue weighted by Crippen LogP contribution is -2.30. The second kappa shape index (κ2) is 8.06. The van der Waals surface area contributed by atoms with Gasteiger partial charge in [0, 0.05) is 5.69 Å². The Labute approximate surface area is 132 Å². The summed E-state index contributed by atoms with van der Waals surface area (Å²) >= 11 is 0. The van der Waals surface area contributed by atoms with Crippen molar-refractivity contribution >= 4 is 23.4 Å². The summed E-state index contributed by atoms with van der Waals surface area (Å²) < 4.78 is 4.54. The third-order valence-corrected chi connectivity index (χ3v) is 3.16. The Morgan fingerprint density at radius 3 is 2.65 bits per heavy atom. The predicted molar refractivity (Wildman–Crippen MR) is 81.5 cm³/mol. The topological polar surface area (TPSA) is 132 Å². The van der Waals surface area contributed by atoms with E-state index in [1.54, 1.807) is 6.92 Å². The van der Waals surface area contributed by atoms with Crippen molar-refractivity contribution in [1.29, 1.82) is 0 Å². The molecule has 1 aromatic rings. The lowest BCUT2D eigenvalue weighted by molar-refractivity contribution is -0.384. The average molecular weight is 325 g/mol. The van der Waals surface area contributed by atoms with Gasteiger partial charge in [-0.2, -0.15) is 0 Å². The van der Waals surface area contributed by atoms with Crippen LogP contribution in [0.3, 0.4) is 0 Å². The van der Waals surface area contributed by atoms with Crippen LogP contribution in [0.25, 0.3) is 0 Å². The number of pyridine rings is 1. The summed E-state index contributed by atoms with van der Waals surface area (Å²) in [4.78, 5) is 37.5. The third kappa shape index (κ3) is 4.63. The minimum Gasteiger partial charge on any atom is -0.480 e. The maximum atomic E-state index is 11.7. The third-order valence-electron chi connectivity index (χ3n) is 3.16. The van der Waals surface area contributed by atoms with Crippen LogP contribution in [0.4, 0.5) is 11.5 Å². The van der Waals surface area contributed by atoms with Crippen LogP contribution in [-0.2, 0) is 9.53 Å². The monoisotopic (exact) mass is 325 g/mol. The van der Waals surface area contributed by atoms with Crippen molar-refractivity contribution in [3.63, 3.8) is 0 Å². The molecule has 0 aromatic carbocycles. The normalized spacial score (nSPS) is 11.6. The molecule has 9 heteroatoms. The van der Waals surface area contributed by atoms with Crippen molar-refractivity contribution in [2.75, 3.05) is 12.4 Å². The number of hydrogen-bond acceptors (Lipinski definition) is 7. The van der Waals surface area contributed by atoms with Crippen LogP contribution in [0.1, 0.15) is 42.2 Å². The zero-order valence-corrected chi connectivity index (χ0v) is 13.2. The van der Waals surface area contributed by atoms with E-state index in [-0.39, 0.29) is 17.8 Å². The van der Waals surface area contributed by atoms with Gasteiger partial charge in [0.05, 0.1) is 12.0 Å². The number of carbonyl (C=O) groups is 2. The van der Waals surface area contributed by atoms with E-state index in [4.69, 9.17) is 0 Å². The highest BCUT2D eigenvalue weighted by Crippen LogP contribution is 2.29. The van der Waals surface area contributed by atoms with Gasteiger partial charge in [-0.3, -0.25) is 10.1 Å². The average Bonchev–Trinajstić information content (AvgIpc) is 2.49. The minimum atomic E-state index is -1.14. The minimum absolute atomic E-state index is 0.251. The van der Waals surface area contributed by atoms with Crippen molar-refractivity contribution in [1.82, 2.24) is 4.98 Å². The number of nitro groups is 1. The first kappa shape index (κ1) is 18.3. The Morgan fingerprint density at radius 2 is 2.17 bits per heavy atom. The Hall–Kier alpha value is -2.71. The number of aliphatic carboxylic acids is 1. The number of carboxylic acid groups (broad SMARTS) is 1. The van der Waals surface area contributed by atoms with Crippen molar-refractivity contribution < 1.29 is 24.4 Å². The molecule has 0 saturated carbocycles. The maximum absolute atomic E-state index is 11.7. The van der Waals surface area contributed by atoms with Gasteiger partial charge in [-0.25, -0.2) is 14.6 Å². The van der Waals surface area contributed by atoms with Gasteiger partial charge in [-0.15, -0.1) is 0 Å². The first-order valence-corrected chi connectivity index (χ1v) is 7.05. The second-order valence-electron chi connectivity index (χ2n) is 4.93. The molecule has 1 unspecified atom stereocenters. The Balaban J connectivity index is 3.33. The quantitative estimate of drug-likeness (QED) is 0.422. The summed E-state index contributed by atoms with van der Waals surface area (Å²) in [5, 5.41) is 23.1. The van der Waals surface area contributed by atoms with Gasteiger partial charge in [0.2, 0.25) is 5.82 Å². The number of ether oxygens (including phenoxy) is 1. The summed E-state index contributed by atoms with van der Waals surface area (Å²) in [6.45, 7) is 3.45. The van der Waals surface area contributed by atoms with Gasteiger partial charge in [-0.1, -0.05) is 19.8 Å². The maximum Gasteiger partial charge on any atom is 0.345 e. The van der Waals surface area contributed by atoms with Gasteiger partial charge < -0.3 is 15.2 Å². The lowest BCUT2D eigenvalue weighted by atomic mass is 10.1. The fourth-order valence-corrected chi connectivity index (χ4v) is 2.05. The van der Waals surface area contributed by atoms with Gasteiger partial charge >= 0.3 is 17.6 Å². The molecule has 0 amide bonds. The Kier molecular flexibility index (Phi) is 6.43. The number of aromatic nitrogens is 1. The highest BCUT2D eigenvalue weighted by molar-refractivity contribution is 5.96. The molecule has 23 heavy (non-hydrogen) atoms. The molecular formula is C14H19N3O6. The van der Waals surface area contributed by atoms with E-state index in [1.165, 1.54) is 6.07 Å². The highest BCUT2D eigenvalue weighted by Gasteiger charge is 2.30. The van der Waals surface area contributed by atoms with Crippen LogP contribution in [0.15, 0.2) is 6.07 Å². The first-order valence-electron chi connectivity index (χ1n) is 7.05.